The molecule has 2 aliphatic heterocycles. The fourth-order valence-electron chi connectivity index (χ4n) is 2.56. The van der Waals surface area contributed by atoms with Gasteiger partial charge in [-0.1, -0.05) is 48.8 Å². The van der Waals surface area contributed by atoms with Gasteiger partial charge in [-0.05, 0) is 41.7 Å². The predicted octanol–water partition coefficient (Wildman–Crippen LogP) is 5.10. The Kier molecular flexibility index (Phi) is 7.64. The van der Waals surface area contributed by atoms with Gasteiger partial charge in [-0.2, -0.15) is 4.42 Å². The Bertz CT molecular complexity index is 761. The van der Waals surface area contributed by atoms with E-state index >= 15 is 0 Å². The molecule has 2 heterocycles. The van der Waals surface area contributed by atoms with Gasteiger partial charge in [0.2, 0.25) is 11.8 Å². The van der Waals surface area contributed by atoms with E-state index in [1.54, 1.807) is 0 Å². The minimum Gasteiger partial charge on any atom is -0.415 e. The van der Waals surface area contributed by atoms with E-state index in [4.69, 9.17) is 16.2 Å². The van der Waals surface area contributed by atoms with Gasteiger partial charge in [0.15, 0.2) is 8.32 Å². The molecule has 154 valence electrons. The molecule has 2 amide bonds. The minimum absolute atomic E-state index is 0.246. The molecule has 0 aliphatic carbocycles. The smallest absolute Gasteiger partial charge is 0.244 e. The summed E-state index contributed by atoms with van der Waals surface area (Å²) in [6.07, 6.45) is 3.48. The number of imide groups is 1. The standard InChI is InChI=1S/C16H24BrNOSi.C4H4ClNO2/c1-16(2,3)20(4,5)19-11-13-9-14-12(10-18-13)7-6-8-15(14)17;5-6-3(7)1-2-4(6)8/h6-8,10,13H,9,11H2,1-5H3;1-2H2/t13-;/m1./s1. The molecule has 0 N–H and O–H groups in total. The van der Waals surface area contributed by atoms with E-state index < -0.39 is 8.32 Å². The van der Waals surface area contributed by atoms with Gasteiger partial charge >= 0.3 is 0 Å². The molecule has 0 spiro atoms. The first-order valence-corrected chi connectivity index (χ1v) is 13.4. The average molecular weight is 488 g/mol. The second kappa shape index (κ2) is 9.20. The molecule has 0 bridgehead atoms. The van der Waals surface area contributed by atoms with Crippen LogP contribution in [0.5, 0.6) is 0 Å². The fourth-order valence-corrected chi connectivity index (χ4v) is 4.31. The molecule has 1 aromatic carbocycles. The van der Waals surface area contributed by atoms with Gasteiger partial charge in [0.1, 0.15) is 0 Å². The number of halogens is 2. The zero-order valence-electron chi connectivity index (χ0n) is 17.1. The van der Waals surface area contributed by atoms with Gasteiger partial charge in [-0.25, -0.2) is 0 Å². The Labute approximate surface area is 181 Å². The lowest BCUT2D eigenvalue weighted by molar-refractivity contribution is -0.132. The summed E-state index contributed by atoms with van der Waals surface area (Å²) in [6, 6.07) is 6.52. The molecular formula is C20H28BrClN2O3Si. The van der Waals surface area contributed by atoms with Crippen LogP contribution in [0.25, 0.3) is 0 Å². The summed E-state index contributed by atoms with van der Waals surface area (Å²) in [7, 11) is -1.68. The number of amides is 2. The van der Waals surface area contributed by atoms with Crippen molar-refractivity contribution in [1.29, 1.82) is 0 Å². The van der Waals surface area contributed by atoms with Crippen molar-refractivity contribution in [2.45, 2.75) is 64.2 Å². The number of nitrogens with zero attached hydrogens (tertiary/aromatic N) is 2. The second-order valence-corrected chi connectivity index (χ2v) is 14.6. The van der Waals surface area contributed by atoms with Crippen LogP contribution >= 0.6 is 27.7 Å². The van der Waals surface area contributed by atoms with Crippen molar-refractivity contribution in [2.24, 2.45) is 4.99 Å². The molecule has 0 saturated carbocycles. The molecule has 1 atom stereocenters. The van der Waals surface area contributed by atoms with Crippen LogP contribution < -0.4 is 0 Å². The summed E-state index contributed by atoms with van der Waals surface area (Å²) in [5.41, 5.74) is 2.58. The van der Waals surface area contributed by atoms with E-state index in [1.165, 1.54) is 15.6 Å². The zero-order chi connectivity index (χ0) is 21.1. The highest BCUT2D eigenvalue weighted by Crippen LogP contribution is 2.37. The molecule has 0 unspecified atom stereocenters. The lowest BCUT2D eigenvalue weighted by Gasteiger charge is -2.37. The van der Waals surface area contributed by atoms with Crippen molar-refractivity contribution in [3.63, 3.8) is 0 Å². The Morgan fingerprint density at radius 1 is 1.25 bits per heavy atom. The summed E-state index contributed by atoms with van der Waals surface area (Å²) < 4.78 is 8.12. The van der Waals surface area contributed by atoms with E-state index in [2.05, 4.69) is 73.0 Å². The third-order valence-corrected chi connectivity index (χ3v) is 11.1. The number of hydrogen-bond donors (Lipinski definition) is 0. The van der Waals surface area contributed by atoms with Crippen LogP contribution in [0.3, 0.4) is 0 Å². The number of hydrogen-bond acceptors (Lipinski definition) is 4. The lowest BCUT2D eigenvalue weighted by atomic mass is 9.99. The molecule has 3 rings (SSSR count). The summed E-state index contributed by atoms with van der Waals surface area (Å²) in [5, 5.41) is 0.254. The van der Waals surface area contributed by atoms with Gasteiger partial charge in [0, 0.05) is 35.3 Å². The number of carbonyl (C=O) groups is 2. The van der Waals surface area contributed by atoms with Crippen molar-refractivity contribution in [3.8, 4) is 0 Å². The fraction of sp³-hybridized carbons (Fsp3) is 0.550. The molecule has 0 radical (unpaired) electrons. The first kappa shape index (κ1) is 23.3. The Balaban J connectivity index is 0.000000292. The van der Waals surface area contributed by atoms with Crippen LogP contribution in [-0.4, -0.2) is 43.4 Å². The summed E-state index contributed by atoms with van der Waals surface area (Å²) in [4.78, 5) is 25.4. The quantitative estimate of drug-likeness (QED) is 0.338. The first-order valence-electron chi connectivity index (χ1n) is 9.38. The number of carbonyl (C=O) groups excluding carboxylic acids is 2. The van der Waals surface area contributed by atoms with Crippen LogP contribution in [0.1, 0.15) is 44.7 Å². The Morgan fingerprint density at radius 3 is 2.36 bits per heavy atom. The van der Waals surface area contributed by atoms with Crippen LogP contribution in [0.2, 0.25) is 18.1 Å². The maximum absolute atomic E-state index is 10.4. The van der Waals surface area contributed by atoms with Crippen molar-refractivity contribution in [2.75, 3.05) is 6.61 Å². The summed E-state index contributed by atoms with van der Waals surface area (Å²) >= 11 is 8.79. The van der Waals surface area contributed by atoms with E-state index in [9.17, 15) is 9.59 Å². The molecule has 1 aromatic rings. The van der Waals surface area contributed by atoms with Crippen LogP contribution in [0.4, 0.5) is 0 Å². The molecule has 8 heteroatoms. The SMILES string of the molecule is CC(C)(C)[Si](C)(C)OC[C@H]1Cc2c(Br)cccc2C=N1.O=C1CCC(=O)N1Cl. The van der Waals surface area contributed by atoms with Crippen molar-refractivity contribution in [3.05, 3.63) is 33.8 Å². The highest BCUT2D eigenvalue weighted by atomic mass is 79.9. The second-order valence-electron chi connectivity index (χ2n) is 8.58. The maximum Gasteiger partial charge on any atom is 0.244 e. The number of benzene rings is 1. The molecule has 1 fully saturated rings. The normalized spacial score (nSPS) is 19.4. The van der Waals surface area contributed by atoms with E-state index in [0.29, 0.717) is 4.42 Å². The number of rotatable bonds is 3. The lowest BCUT2D eigenvalue weighted by Crippen LogP contribution is -2.43. The van der Waals surface area contributed by atoms with Crippen molar-refractivity contribution in [1.82, 2.24) is 4.42 Å². The monoisotopic (exact) mass is 486 g/mol. The third kappa shape index (κ3) is 5.75. The Hall–Kier alpha value is -1.02. The largest absolute Gasteiger partial charge is 0.415 e. The topological polar surface area (TPSA) is 59.0 Å². The zero-order valence-corrected chi connectivity index (χ0v) is 20.4. The van der Waals surface area contributed by atoms with Gasteiger partial charge in [0.25, 0.3) is 0 Å². The molecule has 1 saturated heterocycles. The van der Waals surface area contributed by atoms with Crippen LogP contribution in [0, 0.1) is 0 Å². The highest BCUT2D eigenvalue weighted by Gasteiger charge is 2.37. The molecule has 0 aromatic heterocycles. The van der Waals surface area contributed by atoms with Gasteiger partial charge in [-0.3, -0.25) is 14.6 Å². The van der Waals surface area contributed by atoms with Gasteiger partial charge in [0.05, 0.1) is 12.6 Å². The first-order chi connectivity index (χ1) is 12.9. The van der Waals surface area contributed by atoms with Crippen molar-refractivity contribution < 1.29 is 14.0 Å². The van der Waals surface area contributed by atoms with Crippen LogP contribution in [0.15, 0.2) is 27.7 Å². The van der Waals surface area contributed by atoms with E-state index in [-0.39, 0.29) is 35.7 Å². The molecule has 28 heavy (non-hydrogen) atoms. The summed E-state index contributed by atoms with van der Waals surface area (Å²) in [6.45, 7) is 12.1. The average Bonchev–Trinajstić information content (AvgIpc) is 2.91. The van der Waals surface area contributed by atoms with Gasteiger partial charge in [-0.15, -0.1) is 0 Å². The number of aliphatic imine (C=N–C) groups is 1. The predicted molar refractivity (Wildman–Crippen MR) is 119 cm³/mol. The van der Waals surface area contributed by atoms with Crippen LogP contribution in [-0.2, 0) is 20.4 Å². The Morgan fingerprint density at radius 2 is 1.86 bits per heavy atom. The van der Waals surface area contributed by atoms with E-state index in [1.807, 2.05) is 6.21 Å². The summed E-state index contributed by atoms with van der Waals surface area (Å²) in [5.74, 6) is -0.590. The number of fused-ring (bicyclic) bond motifs is 1. The van der Waals surface area contributed by atoms with Crippen molar-refractivity contribution >= 4 is 54.1 Å². The van der Waals surface area contributed by atoms with E-state index in [0.717, 1.165) is 13.0 Å². The molecule has 5 nitrogen and oxygen atoms in total. The molecular weight excluding hydrogens is 460 g/mol. The van der Waals surface area contributed by atoms with Gasteiger partial charge < -0.3 is 4.43 Å². The highest BCUT2D eigenvalue weighted by molar-refractivity contribution is 9.10. The third-order valence-electron chi connectivity index (χ3n) is 5.45. The maximum atomic E-state index is 10.4. The minimum atomic E-state index is -1.68. The molecule has 2 aliphatic rings.